The second kappa shape index (κ2) is 13.5. The smallest absolute Gasteiger partial charge is 0.262 e. The molecule has 5 nitrogen and oxygen atoms in total. The minimum absolute atomic E-state index is 0.00646. The fraction of sp³-hybridized carbons (Fsp3) is 0.143. The summed E-state index contributed by atoms with van der Waals surface area (Å²) in [4.78, 5) is 12.3. The minimum Gasteiger partial charge on any atom is -0.434 e. The Kier molecular flexibility index (Phi) is 9.27. The SMILES string of the molecule is [2H]B(C)SOc1ccc(C=CC=C(C#N)C(=O)NCc2ccccc2)cc1OSB([2H])C. The van der Waals surface area contributed by atoms with E-state index in [-0.39, 0.29) is 5.57 Å². The highest BCUT2D eigenvalue weighted by Gasteiger charge is 2.09. The van der Waals surface area contributed by atoms with Gasteiger partial charge in [0.1, 0.15) is 11.6 Å². The predicted octanol–water partition coefficient (Wildman–Crippen LogP) is 4.32. The second-order valence-corrected chi connectivity index (χ2v) is 7.42. The van der Waals surface area contributed by atoms with Crippen LogP contribution in [0.3, 0.4) is 0 Å². The van der Waals surface area contributed by atoms with E-state index < -0.39 is 18.9 Å². The fourth-order valence-corrected chi connectivity index (χ4v) is 2.92. The molecule has 0 bridgehead atoms. The molecule has 2 aromatic rings. The zero-order valence-electron chi connectivity index (χ0n) is 18.7. The average molecular weight is 438 g/mol. The first kappa shape index (κ1) is 20.6. The number of nitrogens with one attached hydrogen (secondary N) is 1. The molecule has 0 aliphatic rings. The molecular formula is C21H22B2N2O3S2. The zero-order chi connectivity index (χ0) is 23.3. The maximum Gasteiger partial charge on any atom is 0.262 e. The molecule has 0 atom stereocenters. The van der Waals surface area contributed by atoms with Crippen LogP contribution in [0.4, 0.5) is 0 Å². The van der Waals surface area contributed by atoms with E-state index in [0.29, 0.717) is 18.0 Å². The van der Waals surface area contributed by atoms with E-state index in [1.54, 1.807) is 44.0 Å². The average Bonchev–Trinajstić information content (AvgIpc) is 2.78. The number of carbonyl (C=O) groups is 1. The van der Waals surface area contributed by atoms with E-state index in [2.05, 4.69) is 5.32 Å². The van der Waals surface area contributed by atoms with Crippen molar-refractivity contribution in [3.8, 4) is 17.6 Å². The molecule has 0 saturated heterocycles. The highest BCUT2D eigenvalue weighted by Crippen LogP contribution is 2.33. The summed E-state index contributed by atoms with van der Waals surface area (Å²) in [5, 5.41) is 12.0. The van der Waals surface area contributed by atoms with E-state index in [9.17, 15) is 10.1 Å². The van der Waals surface area contributed by atoms with E-state index in [0.717, 1.165) is 34.9 Å². The first-order valence-corrected chi connectivity index (χ1v) is 10.8. The van der Waals surface area contributed by atoms with Crippen LogP contribution in [0.15, 0.2) is 66.3 Å². The van der Waals surface area contributed by atoms with Crippen molar-refractivity contribution in [1.82, 2.24) is 5.32 Å². The van der Waals surface area contributed by atoms with E-state index >= 15 is 0 Å². The Labute approximate surface area is 190 Å². The van der Waals surface area contributed by atoms with Gasteiger partial charge in [0.25, 0.3) is 5.91 Å². The molecule has 0 radical (unpaired) electrons. The van der Waals surface area contributed by atoms with Gasteiger partial charge in [0, 0.05) is 6.54 Å². The standard InChI is InChI=1S/C21H22B2N2O3S2/c1-22-29-27-19-12-11-16(13-20(19)28-30-23-2)9-6-10-18(14-24)21(26)25-15-17-7-4-3-5-8-17/h3-13,22-23H,15H2,1-2H3,(H,25,26)/i22D,23D. The summed E-state index contributed by atoms with van der Waals surface area (Å²) >= 11 is 1.97. The van der Waals surface area contributed by atoms with Gasteiger partial charge in [-0.25, -0.2) is 0 Å². The Morgan fingerprint density at radius 2 is 1.87 bits per heavy atom. The number of hydrogen-bond donors (Lipinski definition) is 1. The Balaban J connectivity index is 2.08. The second-order valence-electron chi connectivity index (χ2n) is 5.76. The van der Waals surface area contributed by atoms with Gasteiger partial charge in [-0.2, -0.15) is 5.26 Å². The van der Waals surface area contributed by atoms with Crippen LogP contribution in [0.25, 0.3) is 6.08 Å². The third-order valence-corrected chi connectivity index (χ3v) is 4.59. The largest absolute Gasteiger partial charge is 0.434 e. The third-order valence-electron chi connectivity index (χ3n) is 3.65. The van der Waals surface area contributed by atoms with Gasteiger partial charge in [0.2, 0.25) is 13.0 Å². The minimum atomic E-state index is -0.486. The Bertz CT molecular complexity index is 1000. The number of amides is 1. The first-order valence-electron chi connectivity index (χ1n) is 10.3. The number of allylic oxidation sites excluding steroid dienone is 2. The molecule has 0 fully saturated rings. The van der Waals surface area contributed by atoms with Crippen LogP contribution < -0.4 is 13.7 Å². The highest BCUT2D eigenvalue weighted by atomic mass is 32.2. The number of nitrogens with zero attached hydrogens (tertiary/aromatic N) is 1. The van der Waals surface area contributed by atoms with Gasteiger partial charge < -0.3 is 13.7 Å². The van der Waals surface area contributed by atoms with E-state index in [1.807, 2.05) is 36.4 Å². The van der Waals surface area contributed by atoms with Crippen LogP contribution in [0.2, 0.25) is 13.6 Å². The van der Waals surface area contributed by atoms with E-state index in [1.165, 1.54) is 6.08 Å². The van der Waals surface area contributed by atoms with Crippen LogP contribution in [0, 0.1) is 11.3 Å². The summed E-state index contributed by atoms with van der Waals surface area (Å²) in [7, 11) is 0. The van der Waals surface area contributed by atoms with Gasteiger partial charge in [-0.05, 0) is 55.8 Å². The molecule has 2 aromatic carbocycles. The van der Waals surface area contributed by atoms with Crippen molar-refractivity contribution in [2.75, 3.05) is 0 Å². The van der Waals surface area contributed by atoms with Crippen LogP contribution in [-0.4, -0.2) is 21.6 Å². The molecule has 0 aliphatic carbocycles. The number of nitriles is 1. The lowest BCUT2D eigenvalue weighted by Crippen LogP contribution is -2.23. The summed E-state index contributed by atoms with van der Waals surface area (Å²) in [6.07, 6.45) is 4.79. The molecular weight excluding hydrogens is 414 g/mol. The molecule has 30 heavy (non-hydrogen) atoms. The molecule has 0 aliphatic heterocycles. The van der Waals surface area contributed by atoms with Crippen LogP contribution >= 0.6 is 23.8 Å². The predicted molar refractivity (Wildman–Crippen MR) is 130 cm³/mol. The van der Waals surface area contributed by atoms with Gasteiger partial charge >= 0.3 is 0 Å². The molecule has 9 heteroatoms. The van der Waals surface area contributed by atoms with Crippen molar-refractivity contribution in [3.63, 3.8) is 0 Å². The highest BCUT2D eigenvalue weighted by molar-refractivity contribution is 8.19. The summed E-state index contributed by atoms with van der Waals surface area (Å²) in [5.41, 5.74) is 1.70. The van der Waals surface area contributed by atoms with E-state index in [4.69, 9.17) is 11.0 Å². The number of benzene rings is 2. The molecule has 0 saturated carbocycles. The van der Waals surface area contributed by atoms with Gasteiger partial charge in [-0.15, -0.1) is 0 Å². The molecule has 0 aromatic heterocycles. The van der Waals surface area contributed by atoms with Crippen molar-refractivity contribution < 1.29 is 13.2 Å². The van der Waals surface area contributed by atoms with Crippen molar-refractivity contribution in [3.05, 3.63) is 77.4 Å². The fourth-order valence-electron chi connectivity index (χ4n) is 2.25. The van der Waals surface area contributed by atoms with Crippen LogP contribution in [0.5, 0.6) is 11.5 Å². The molecule has 2 rings (SSSR count). The third kappa shape index (κ3) is 7.97. The van der Waals surface area contributed by atoms with Gasteiger partial charge in [-0.1, -0.05) is 62.2 Å². The lowest BCUT2D eigenvalue weighted by molar-refractivity contribution is -0.117. The van der Waals surface area contributed by atoms with Crippen LogP contribution in [0.1, 0.15) is 11.1 Å². The van der Waals surface area contributed by atoms with Crippen molar-refractivity contribution >= 4 is 48.8 Å². The Hall–Kier alpha value is -2.69. The molecule has 0 spiro atoms. The lowest BCUT2D eigenvalue weighted by atomic mass is 10.1. The van der Waals surface area contributed by atoms with Gasteiger partial charge in [0.15, 0.2) is 11.5 Å². The van der Waals surface area contributed by atoms with Gasteiger partial charge in [0.05, 0.1) is 0 Å². The summed E-state index contributed by atoms with van der Waals surface area (Å²) in [6.45, 7) is 2.77. The normalized spacial score (nSPS) is 11.8. The molecule has 0 heterocycles. The number of carbonyl (C=O) groups excluding carboxylic acids is 1. The Morgan fingerprint density at radius 3 is 2.53 bits per heavy atom. The van der Waals surface area contributed by atoms with Gasteiger partial charge in [-0.3, -0.25) is 4.79 Å². The van der Waals surface area contributed by atoms with Crippen molar-refractivity contribution in [1.29, 1.82) is 7.93 Å². The Morgan fingerprint density at radius 1 is 1.17 bits per heavy atom. The molecule has 1 amide bonds. The topological polar surface area (TPSA) is 71.3 Å². The summed E-state index contributed by atoms with van der Waals surface area (Å²) in [6, 6.07) is 16.6. The number of rotatable bonds is 11. The zero-order valence-corrected chi connectivity index (χ0v) is 18.3. The maximum atomic E-state index is 12.3. The monoisotopic (exact) mass is 438 g/mol. The summed E-state index contributed by atoms with van der Waals surface area (Å²) < 4.78 is 26.3. The number of hydrogen-bond acceptors (Lipinski definition) is 6. The molecule has 1 N–H and O–H groups in total. The molecule has 0 unspecified atom stereocenters. The lowest BCUT2D eigenvalue weighted by Gasteiger charge is -2.10. The quantitative estimate of drug-likeness (QED) is 0.185. The van der Waals surface area contributed by atoms with Crippen molar-refractivity contribution in [2.45, 2.75) is 20.2 Å². The van der Waals surface area contributed by atoms with Crippen molar-refractivity contribution in [2.24, 2.45) is 0 Å². The molecule has 152 valence electrons. The van der Waals surface area contributed by atoms with Crippen LogP contribution in [-0.2, 0) is 11.3 Å². The maximum absolute atomic E-state index is 12.3. The summed E-state index contributed by atoms with van der Waals surface area (Å²) in [5.74, 6) is 0.429. The first-order chi connectivity index (χ1) is 15.4.